The molecule has 4 aromatic rings. The fourth-order valence-electron chi connectivity index (χ4n) is 5.80. The van der Waals surface area contributed by atoms with Gasteiger partial charge in [-0.1, -0.05) is 54.6 Å². The highest BCUT2D eigenvalue weighted by molar-refractivity contribution is 6.23. The van der Waals surface area contributed by atoms with Crippen molar-refractivity contribution in [1.82, 2.24) is 9.88 Å². The van der Waals surface area contributed by atoms with Crippen LogP contribution in [0.2, 0.25) is 0 Å². The summed E-state index contributed by atoms with van der Waals surface area (Å²) in [6, 6.07) is 22.0. The lowest BCUT2D eigenvalue weighted by molar-refractivity contribution is -0.136. The second kappa shape index (κ2) is 8.59. The number of nitrogens with one attached hydrogen (secondary N) is 1. The summed E-state index contributed by atoms with van der Waals surface area (Å²) in [5, 5.41) is 4.30. The number of benzene rings is 3. The molecule has 184 valence electrons. The van der Waals surface area contributed by atoms with Crippen LogP contribution < -0.4 is 5.32 Å². The zero-order valence-corrected chi connectivity index (χ0v) is 20.8. The molecule has 6 rings (SSSR count). The quantitative estimate of drug-likeness (QED) is 0.362. The predicted molar refractivity (Wildman–Crippen MR) is 140 cm³/mol. The van der Waals surface area contributed by atoms with Crippen LogP contribution in [-0.4, -0.2) is 23.4 Å². The van der Waals surface area contributed by atoms with Gasteiger partial charge < -0.3 is 14.6 Å². The SMILES string of the molecule is COC(=O)C1=C(C)NC2=C(C(=O)c3ccccc32)[C@H]1c1c(C)n(Cc2ccc(F)cc2)c2ccccc12. The first-order valence-corrected chi connectivity index (χ1v) is 12.2. The van der Waals surface area contributed by atoms with Gasteiger partial charge in [0.05, 0.1) is 24.3 Å². The Balaban J connectivity index is 1.62. The number of esters is 1. The lowest BCUT2D eigenvalue weighted by Gasteiger charge is -2.29. The minimum atomic E-state index is -0.608. The van der Waals surface area contributed by atoms with Crippen molar-refractivity contribution < 1.29 is 18.7 Å². The summed E-state index contributed by atoms with van der Waals surface area (Å²) < 4.78 is 21.0. The number of ether oxygens (including phenoxy) is 1. The second-order valence-corrected chi connectivity index (χ2v) is 9.48. The molecule has 0 fully saturated rings. The predicted octanol–water partition coefficient (Wildman–Crippen LogP) is 5.88. The fraction of sp³-hybridized carbons (Fsp3) is 0.161. The van der Waals surface area contributed by atoms with Crippen molar-refractivity contribution in [2.75, 3.05) is 7.11 Å². The Morgan fingerprint density at radius 2 is 1.65 bits per heavy atom. The van der Waals surface area contributed by atoms with Crippen molar-refractivity contribution in [1.29, 1.82) is 0 Å². The Kier molecular flexibility index (Phi) is 5.33. The number of methoxy groups -OCH3 is 1. The van der Waals surface area contributed by atoms with Crippen LogP contribution >= 0.6 is 0 Å². The van der Waals surface area contributed by atoms with Crippen LogP contribution in [-0.2, 0) is 16.1 Å². The third-order valence-electron chi connectivity index (χ3n) is 7.48. The summed E-state index contributed by atoms with van der Waals surface area (Å²) in [6.45, 7) is 4.38. The van der Waals surface area contributed by atoms with Crippen molar-refractivity contribution >= 4 is 28.4 Å². The molecule has 0 radical (unpaired) electrons. The molecular weight excluding hydrogens is 467 g/mol. The Labute approximate surface area is 213 Å². The van der Waals surface area contributed by atoms with Crippen LogP contribution in [0.25, 0.3) is 16.6 Å². The highest BCUT2D eigenvalue weighted by Gasteiger charge is 2.44. The van der Waals surface area contributed by atoms with E-state index >= 15 is 0 Å². The van der Waals surface area contributed by atoms with Gasteiger partial charge in [0.1, 0.15) is 5.82 Å². The molecule has 5 nitrogen and oxygen atoms in total. The summed E-state index contributed by atoms with van der Waals surface area (Å²) in [5.41, 5.74) is 7.60. The number of fused-ring (bicyclic) bond motifs is 3. The fourth-order valence-corrected chi connectivity index (χ4v) is 5.80. The van der Waals surface area contributed by atoms with Crippen molar-refractivity contribution in [2.45, 2.75) is 26.3 Å². The van der Waals surface area contributed by atoms with Crippen LogP contribution in [0.3, 0.4) is 0 Å². The molecule has 2 aliphatic rings. The van der Waals surface area contributed by atoms with Crippen molar-refractivity contribution in [3.8, 4) is 0 Å². The largest absolute Gasteiger partial charge is 0.466 e. The molecule has 1 atom stereocenters. The smallest absolute Gasteiger partial charge is 0.336 e. The molecule has 37 heavy (non-hydrogen) atoms. The maximum Gasteiger partial charge on any atom is 0.336 e. The van der Waals surface area contributed by atoms with Crippen LogP contribution in [0.5, 0.6) is 0 Å². The van der Waals surface area contributed by atoms with Crippen LogP contribution in [0, 0.1) is 12.7 Å². The number of para-hydroxylation sites is 1. The number of carbonyl (C=O) groups is 2. The second-order valence-electron chi connectivity index (χ2n) is 9.48. The zero-order valence-electron chi connectivity index (χ0n) is 20.8. The van der Waals surface area contributed by atoms with Crippen LogP contribution in [0.1, 0.15) is 45.6 Å². The van der Waals surface area contributed by atoms with E-state index in [2.05, 4.69) is 9.88 Å². The van der Waals surface area contributed by atoms with Gasteiger partial charge in [-0.3, -0.25) is 4.79 Å². The number of aromatic nitrogens is 1. The molecule has 1 aromatic heterocycles. The number of allylic oxidation sites excluding steroid dienone is 2. The highest BCUT2D eigenvalue weighted by Crippen LogP contribution is 2.49. The molecule has 0 unspecified atom stereocenters. The first kappa shape index (κ1) is 23.0. The average molecular weight is 493 g/mol. The third kappa shape index (κ3) is 3.44. The minimum Gasteiger partial charge on any atom is -0.466 e. The Hall–Kier alpha value is -4.45. The molecule has 1 aliphatic carbocycles. The number of dihydropyridines is 1. The number of hydrogen-bond donors (Lipinski definition) is 1. The molecule has 0 saturated heterocycles. The van der Waals surface area contributed by atoms with E-state index in [1.807, 2.05) is 62.4 Å². The molecule has 1 aliphatic heterocycles. The Bertz CT molecular complexity index is 1670. The topological polar surface area (TPSA) is 60.3 Å². The summed E-state index contributed by atoms with van der Waals surface area (Å²) >= 11 is 0. The molecule has 0 spiro atoms. The number of nitrogens with zero attached hydrogens (tertiary/aromatic N) is 1. The van der Waals surface area contributed by atoms with Crippen LogP contribution in [0.15, 0.2) is 89.6 Å². The van der Waals surface area contributed by atoms with Crippen LogP contribution in [0.4, 0.5) is 4.39 Å². The van der Waals surface area contributed by atoms with Gasteiger partial charge in [0.25, 0.3) is 0 Å². The molecule has 0 bridgehead atoms. The van der Waals surface area contributed by atoms with Gasteiger partial charge in [-0.05, 0) is 43.2 Å². The monoisotopic (exact) mass is 492 g/mol. The van der Waals surface area contributed by atoms with E-state index in [4.69, 9.17) is 4.74 Å². The van der Waals surface area contributed by atoms with Gasteiger partial charge >= 0.3 is 5.97 Å². The van der Waals surface area contributed by atoms with Gasteiger partial charge in [0.15, 0.2) is 5.78 Å². The average Bonchev–Trinajstić information content (AvgIpc) is 3.35. The number of carbonyl (C=O) groups excluding carboxylic acids is 2. The summed E-state index contributed by atoms with van der Waals surface area (Å²) in [7, 11) is 1.36. The van der Waals surface area contributed by atoms with Crippen molar-refractivity contribution in [2.24, 2.45) is 0 Å². The maximum atomic E-state index is 13.8. The zero-order chi connectivity index (χ0) is 25.8. The minimum absolute atomic E-state index is 0.0910. The van der Waals surface area contributed by atoms with E-state index in [1.165, 1.54) is 19.2 Å². The van der Waals surface area contributed by atoms with Gasteiger partial charge in [-0.25, -0.2) is 9.18 Å². The lowest BCUT2D eigenvalue weighted by atomic mass is 9.78. The summed E-state index contributed by atoms with van der Waals surface area (Å²) in [4.78, 5) is 27.1. The van der Waals surface area contributed by atoms with Gasteiger partial charge in [0, 0.05) is 45.5 Å². The Morgan fingerprint density at radius 3 is 2.38 bits per heavy atom. The molecule has 3 aromatic carbocycles. The molecule has 0 amide bonds. The Morgan fingerprint density at radius 1 is 0.973 bits per heavy atom. The number of rotatable bonds is 4. The normalized spacial score (nSPS) is 16.6. The summed E-state index contributed by atoms with van der Waals surface area (Å²) in [5.74, 6) is -1.45. The first-order chi connectivity index (χ1) is 17.9. The van der Waals surface area contributed by atoms with Gasteiger partial charge in [-0.2, -0.15) is 0 Å². The molecule has 1 N–H and O–H groups in total. The number of ketones is 1. The van der Waals surface area contributed by atoms with Crippen molar-refractivity contribution in [3.05, 3.63) is 123 Å². The van der Waals surface area contributed by atoms with E-state index in [1.54, 1.807) is 12.1 Å². The third-order valence-corrected chi connectivity index (χ3v) is 7.48. The van der Waals surface area contributed by atoms with E-state index in [-0.39, 0.29) is 11.6 Å². The number of hydrogen-bond acceptors (Lipinski definition) is 4. The van der Waals surface area contributed by atoms with Gasteiger partial charge in [-0.15, -0.1) is 0 Å². The van der Waals surface area contributed by atoms with Gasteiger partial charge in [0.2, 0.25) is 0 Å². The number of halogens is 1. The van der Waals surface area contributed by atoms with E-state index in [0.29, 0.717) is 29.0 Å². The van der Waals surface area contributed by atoms with E-state index in [9.17, 15) is 14.0 Å². The molecule has 0 saturated carbocycles. The summed E-state index contributed by atoms with van der Waals surface area (Å²) in [6.07, 6.45) is 0. The highest BCUT2D eigenvalue weighted by atomic mass is 19.1. The lowest BCUT2D eigenvalue weighted by Crippen LogP contribution is -2.29. The molecular formula is C31H25FN2O3. The first-order valence-electron chi connectivity index (χ1n) is 12.2. The maximum absolute atomic E-state index is 13.8. The molecule has 2 heterocycles. The van der Waals surface area contributed by atoms with E-state index in [0.717, 1.165) is 39.0 Å². The molecule has 6 heteroatoms. The van der Waals surface area contributed by atoms with Crippen molar-refractivity contribution in [3.63, 3.8) is 0 Å². The standard InChI is InChI=1S/C31H25FN2O3/c1-17-25(31(36)37-3)27(28-29(33-17)21-8-4-5-9-22(21)30(28)35)26-18(2)34(24-11-7-6-10-23(24)26)16-19-12-14-20(32)15-13-19/h4-15,27,33H,16H2,1-3H3/t27-/m1/s1. The number of Topliss-reactive ketones (excluding diaryl/α,β-unsaturated/α-hetero) is 1. The van der Waals surface area contributed by atoms with E-state index < -0.39 is 11.9 Å².